The van der Waals surface area contributed by atoms with Crippen LogP contribution < -0.4 is 0 Å². The lowest BCUT2D eigenvalue weighted by Gasteiger charge is -2.18. The van der Waals surface area contributed by atoms with Crippen molar-refractivity contribution < 1.29 is 28.6 Å². The number of hydrogen-bond donors (Lipinski definition) is 0. The van der Waals surface area contributed by atoms with Gasteiger partial charge in [0.2, 0.25) is 0 Å². The lowest BCUT2D eigenvalue weighted by atomic mass is 10.1. The summed E-state index contributed by atoms with van der Waals surface area (Å²) in [4.78, 5) is 38.1. The number of hydrogen-bond acceptors (Lipinski definition) is 6. The molecule has 0 rings (SSSR count). The van der Waals surface area contributed by atoms with Crippen LogP contribution in [-0.2, 0) is 28.6 Å². The molecule has 0 heterocycles. The third-order valence-corrected chi connectivity index (χ3v) is 12.4. The Labute approximate surface area is 426 Å². The molecule has 1 atom stereocenters. The van der Waals surface area contributed by atoms with Crippen molar-refractivity contribution in [2.75, 3.05) is 13.2 Å². The van der Waals surface area contributed by atoms with E-state index in [0.717, 1.165) is 77.0 Å². The van der Waals surface area contributed by atoms with Crippen molar-refractivity contribution in [2.45, 2.75) is 284 Å². The molecule has 0 aliphatic rings. The molecule has 0 bridgehead atoms. The summed E-state index contributed by atoms with van der Waals surface area (Å²) < 4.78 is 16.8. The molecule has 396 valence electrons. The van der Waals surface area contributed by atoms with E-state index in [0.29, 0.717) is 19.3 Å². The first-order chi connectivity index (χ1) is 34.0. The van der Waals surface area contributed by atoms with Crippen molar-refractivity contribution >= 4 is 17.9 Å². The number of carbonyl (C=O) groups excluding carboxylic acids is 3. The van der Waals surface area contributed by atoms with Crippen LogP contribution in [0.3, 0.4) is 0 Å². The Morgan fingerprint density at radius 2 is 0.551 bits per heavy atom. The average molecular weight is 962 g/mol. The Kier molecular flexibility index (Phi) is 54.3. The predicted octanol–water partition coefficient (Wildman–Crippen LogP) is 19.5. The second-order valence-electron chi connectivity index (χ2n) is 19.2. The second kappa shape index (κ2) is 57.2. The first kappa shape index (κ1) is 65.6. The molecule has 6 heteroatoms. The van der Waals surface area contributed by atoms with Crippen LogP contribution >= 0.6 is 0 Å². The van der Waals surface area contributed by atoms with Crippen molar-refractivity contribution in [2.24, 2.45) is 0 Å². The number of ether oxygens (including phenoxy) is 3. The quantitative estimate of drug-likeness (QED) is 0.0262. The molecule has 0 N–H and O–H groups in total. The lowest BCUT2D eigenvalue weighted by Crippen LogP contribution is -2.30. The first-order valence-electron chi connectivity index (χ1n) is 29.1. The van der Waals surface area contributed by atoms with Gasteiger partial charge in [-0.25, -0.2) is 0 Å². The van der Waals surface area contributed by atoms with Gasteiger partial charge in [-0.2, -0.15) is 0 Å². The molecule has 0 radical (unpaired) electrons. The highest BCUT2D eigenvalue weighted by Crippen LogP contribution is 2.15. The highest BCUT2D eigenvalue weighted by molar-refractivity contribution is 5.71. The first-order valence-corrected chi connectivity index (χ1v) is 29.1. The van der Waals surface area contributed by atoms with Gasteiger partial charge in [-0.1, -0.05) is 234 Å². The van der Waals surface area contributed by atoms with Gasteiger partial charge in [-0.05, 0) is 109 Å². The van der Waals surface area contributed by atoms with Gasteiger partial charge in [0.05, 0.1) is 0 Å². The molecule has 0 aliphatic heterocycles. The largest absolute Gasteiger partial charge is 0.462 e. The van der Waals surface area contributed by atoms with Crippen LogP contribution in [0.25, 0.3) is 0 Å². The summed E-state index contributed by atoms with van der Waals surface area (Å²) in [5.74, 6) is -0.995. The minimum absolute atomic E-state index is 0.104. The molecule has 69 heavy (non-hydrogen) atoms. The molecule has 0 amide bonds. The van der Waals surface area contributed by atoms with Crippen molar-refractivity contribution in [1.29, 1.82) is 0 Å². The van der Waals surface area contributed by atoms with E-state index in [1.54, 1.807) is 0 Å². The second-order valence-corrected chi connectivity index (χ2v) is 19.2. The SMILES string of the molecule is CCCCC/C=C\C/C=C\C/C=C\C/C=C\C/C=C\CCC(=O)OC[C@H](COC(=O)CCCCCCC/C=C\CCCCCC)OC(=O)CCCCCCCCCCC/C=C\CCCCCCCC. The van der Waals surface area contributed by atoms with Crippen molar-refractivity contribution in [3.63, 3.8) is 0 Å². The van der Waals surface area contributed by atoms with Gasteiger partial charge >= 0.3 is 17.9 Å². The smallest absolute Gasteiger partial charge is 0.306 e. The summed E-state index contributed by atoms with van der Waals surface area (Å²) in [6, 6.07) is 0. The summed E-state index contributed by atoms with van der Waals surface area (Å²) in [5, 5.41) is 0. The van der Waals surface area contributed by atoms with Gasteiger partial charge in [0, 0.05) is 19.3 Å². The zero-order valence-corrected chi connectivity index (χ0v) is 45.3. The Morgan fingerprint density at radius 1 is 0.290 bits per heavy atom. The summed E-state index contributed by atoms with van der Waals surface area (Å²) >= 11 is 0. The van der Waals surface area contributed by atoms with Crippen LogP contribution in [0.1, 0.15) is 278 Å². The van der Waals surface area contributed by atoms with Gasteiger partial charge in [0.1, 0.15) is 13.2 Å². The van der Waals surface area contributed by atoms with Crippen LogP contribution in [0.2, 0.25) is 0 Å². The third-order valence-electron chi connectivity index (χ3n) is 12.4. The van der Waals surface area contributed by atoms with E-state index >= 15 is 0 Å². The van der Waals surface area contributed by atoms with Crippen LogP contribution in [0.15, 0.2) is 85.1 Å². The molecular formula is C63H108O6. The van der Waals surface area contributed by atoms with E-state index in [-0.39, 0.29) is 37.5 Å². The fraction of sp³-hybridized carbons (Fsp3) is 0.730. The molecule has 0 aromatic carbocycles. The van der Waals surface area contributed by atoms with E-state index in [1.807, 2.05) is 6.08 Å². The molecule has 0 saturated carbocycles. The standard InChI is InChI=1S/C63H108O6/c1-4-7-10-13-16-19-22-25-27-29-31-33-35-38-41-44-47-50-53-56-62(65)68-59-60(58-67-61(64)55-52-49-46-43-40-37-24-21-18-15-12-9-6-3)69-63(66)57-54-51-48-45-42-39-36-34-32-30-28-26-23-20-17-14-11-8-5-2/h16,19,21,24-28,31,33,38,41,47,50,60H,4-15,17-18,20,22-23,29-30,32,34-37,39-40,42-46,48-49,51-59H2,1-3H3/b19-16-,24-21-,27-25-,28-26-,33-31-,41-38-,50-47-/t60-/m0/s1. The lowest BCUT2D eigenvalue weighted by molar-refractivity contribution is -0.166. The molecule has 0 aromatic rings. The van der Waals surface area contributed by atoms with Crippen LogP contribution in [-0.4, -0.2) is 37.2 Å². The third kappa shape index (κ3) is 55.4. The van der Waals surface area contributed by atoms with Gasteiger partial charge in [0.25, 0.3) is 0 Å². The summed E-state index contributed by atoms with van der Waals surface area (Å²) in [6.07, 6.45) is 74.4. The number of carbonyl (C=O) groups is 3. The molecule has 0 aromatic heterocycles. The van der Waals surface area contributed by atoms with Gasteiger partial charge in [0.15, 0.2) is 6.10 Å². The minimum Gasteiger partial charge on any atom is -0.462 e. The minimum atomic E-state index is -0.811. The molecule has 0 aliphatic carbocycles. The van der Waals surface area contributed by atoms with Crippen molar-refractivity contribution in [3.8, 4) is 0 Å². The highest BCUT2D eigenvalue weighted by atomic mass is 16.6. The van der Waals surface area contributed by atoms with E-state index in [2.05, 4.69) is 99.8 Å². The molecular weight excluding hydrogens is 853 g/mol. The van der Waals surface area contributed by atoms with Crippen molar-refractivity contribution in [3.05, 3.63) is 85.1 Å². The number of esters is 3. The molecule has 6 nitrogen and oxygen atoms in total. The molecule has 0 unspecified atom stereocenters. The number of unbranched alkanes of at least 4 members (excludes halogenated alkanes) is 27. The Hall–Kier alpha value is -3.41. The average Bonchev–Trinajstić information content (AvgIpc) is 3.35. The maximum Gasteiger partial charge on any atom is 0.306 e. The Bertz CT molecular complexity index is 1330. The zero-order chi connectivity index (χ0) is 50.0. The summed E-state index contributed by atoms with van der Waals surface area (Å²) in [7, 11) is 0. The number of rotatable bonds is 52. The summed E-state index contributed by atoms with van der Waals surface area (Å²) in [5.41, 5.74) is 0. The van der Waals surface area contributed by atoms with E-state index in [1.165, 1.54) is 154 Å². The molecule has 0 fully saturated rings. The van der Waals surface area contributed by atoms with Crippen LogP contribution in [0.5, 0.6) is 0 Å². The fourth-order valence-electron chi connectivity index (χ4n) is 7.94. The maximum absolute atomic E-state index is 12.9. The fourth-order valence-corrected chi connectivity index (χ4v) is 7.94. The predicted molar refractivity (Wildman–Crippen MR) is 297 cm³/mol. The van der Waals surface area contributed by atoms with Crippen LogP contribution in [0, 0.1) is 0 Å². The van der Waals surface area contributed by atoms with E-state index in [9.17, 15) is 14.4 Å². The van der Waals surface area contributed by atoms with E-state index < -0.39 is 6.10 Å². The maximum atomic E-state index is 12.9. The van der Waals surface area contributed by atoms with Gasteiger partial charge in [-0.3, -0.25) is 14.4 Å². The molecule has 0 spiro atoms. The van der Waals surface area contributed by atoms with Gasteiger partial charge < -0.3 is 14.2 Å². The number of allylic oxidation sites excluding steroid dienone is 14. The normalized spacial score (nSPS) is 12.7. The zero-order valence-electron chi connectivity index (χ0n) is 45.3. The van der Waals surface area contributed by atoms with Crippen molar-refractivity contribution in [1.82, 2.24) is 0 Å². The van der Waals surface area contributed by atoms with Crippen LogP contribution in [0.4, 0.5) is 0 Å². The highest BCUT2D eigenvalue weighted by Gasteiger charge is 2.19. The monoisotopic (exact) mass is 961 g/mol. The molecule has 0 saturated heterocycles. The topological polar surface area (TPSA) is 78.9 Å². The Morgan fingerprint density at radius 3 is 0.957 bits per heavy atom. The van der Waals surface area contributed by atoms with Gasteiger partial charge in [-0.15, -0.1) is 0 Å². The Balaban J connectivity index is 4.48. The summed E-state index contributed by atoms with van der Waals surface area (Å²) in [6.45, 7) is 6.53. The van der Waals surface area contributed by atoms with E-state index in [4.69, 9.17) is 14.2 Å².